The second-order valence-electron chi connectivity index (χ2n) is 18.5. The average molecular weight is 884 g/mol. The van der Waals surface area contributed by atoms with E-state index in [4.69, 9.17) is 4.74 Å². The molecule has 368 valence electrons. The maximum absolute atomic E-state index is 12.4. The Labute approximate surface area is 391 Å². The monoisotopic (exact) mass is 884 g/mol. The van der Waals surface area contributed by atoms with Crippen LogP contribution < -0.4 is 5.32 Å². The first kappa shape index (κ1) is 60.8. The van der Waals surface area contributed by atoms with Crippen LogP contribution in [0.5, 0.6) is 0 Å². The molecular weight excluding hydrogens is 779 g/mol. The van der Waals surface area contributed by atoms with Crippen molar-refractivity contribution < 1.29 is 24.5 Å². The van der Waals surface area contributed by atoms with E-state index >= 15 is 0 Å². The van der Waals surface area contributed by atoms with Crippen molar-refractivity contribution in [1.82, 2.24) is 5.32 Å². The van der Waals surface area contributed by atoms with Crippen molar-refractivity contribution in [2.45, 2.75) is 289 Å². The number of carbonyl (C=O) groups is 2. The van der Waals surface area contributed by atoms with Gasteiger partial charge in [0.25, 0.3) is 0 Å². The summed E-state index contributed by atoms with van der Waals surface area (Å²) in [6, 6.07) is -0.629. The van der Waals surface area contributed by atoms with Gasteiger partial charge in [0.1, 0.15) is 0 Å². The Kier molecular flexibility index (Phi) is 50.6. The van der Waals surface area contributed by atoms with Crippen molar-refractivity contribution in [3.05, 3.63) is 48.6 Å². The molecule has 1 amide bonds. The van der Waals surface area contributed by atoms with Crippen LogP contribution >= 0.6 is 0 Å². The first-order valence-corrected chi connectivity index (χ1v) is 27.4. The van der Waals surface area contributed by atoms with Gasteiger partial charge < -0.3 is 20.3 Å². The zero-order chi connectivity index (χ0) is 45.8. The fraction of sp³-hybridized carbons (Fsp3) is 0.825. The molecular formula is C57H105NO5. The van der Waals surface area contributed by atoms with Gasteiger partial charge in [-0.2, -0.15) is 0 Å². The van der Waals surface area contributed by atoms with E-state index in [0.29, 0.717) is 19.4 Å². The number of amides is 1. The SMILES string of the molecule is CCC/C=C\C/C=C\CCCCCCCC(=O)OCCCCCCCCCCCCCC/C=C\CCCCCCCCCCC(=O)NC(CO)C(O)/C=C/CCCCCCCCC. The highest BCUT2D eigenvalue weighted by Crippen LogP contribution is 2.15. The molecule has 0 rings (SSSR count). The summed E-state index contributed by atoms with van der Waals surface area (Å²) in [7, 11) is 0. The van der Waals surface area contributed by atoms with Crippen molar-refractivity contribution in [3.63, 3.8) is 0 Å². The normalized spacial score (nSPS) is 13.0. The molecule has 0 fully saturated rings. The molecule has 0 heterocycles. The van der Waals surface area contributed by atoms with Crippen LogP contribution in [-0.2, 0) is 14.3 Å². The molecule has 0 aromatic heterocycles. The van der Waals surface area contributed by atoms with Gasteiger partial charge in [-0.15, -0.1) is 0 Å². The van der Waals surface area contributed by atoms with Crippen LogP contribution in [0.1, 0.15) is 277 Å². The second kappa shape index (κ2) is 52.4. The predicted molar refractivity (Wildman–Crippen MR) is 273 cm³/mol. The number of carbonyl (C=O) groups excluding carboxylic acids is 2. The van der Waals surface area contributed by atoms with Crippen LogP contribution in [-0.4, -0.2) is 47.4 Å². The van der Waals surface area contributed by atoms with E-state index < -0.39 is 12.1 Å². The number of esters is 1. The standard InChI is InChI=1S/C57H105NO5/c1-3-5-7-9-11-13-14-27-31-35-39-43-47-51-57(62)63-52-48-44-40-36-32-29-26-24-22-20-18-16-15-17-19-21-23-25-28-30-34-38-42-46-50-56(61)58-54(53-59)55(60)49-45-41-37-33-12-10-8-6-4-2/h7,9,13-14,17,19,45,49,54-55,59-60H,3-6,8,10-12,15-16,18,20-44,46-48,50-53H2,1-2H3,(H,58,61)/b9-7-,14-13-,19-17-,49-45+. The molecule has 6 heteroatoms. The lowest BCUT2D eigenvalue weighted by Crippen LogP contribution is -2.45. The summed E-state index contributed by atoms with van der Waals surface area (Å²) in [5, 5.41) is 22.9. The molecule has 6 nitrogen and oxygen atoms in total. The van der Waals surface area contributed by atoms with E-state index in [-0.39, 0.29) is 18.5 Å². The van der Waals surface area contributed by atoms with Gasteiger partial charge in [-0.3, -0.25) is 9.59 Å². The second-order valence-corrected chi connectivity index (χ2v) is 18.5. The molecule has 0 spiro atoms. The van der Waals surface area contributed by atoms with Gasteiger partial charge in [-0.25, -0.2) is 0 Å². The van der Waals surface area contributed by atoms with E-state index in [1.54, 1.807) is 6.08 Å². The Bertz CT molecular complexity index is 1070. The van der Waals surface area contributed by atoms with E-state index in [2.05, 4.69) is 55.6 Å². The number of aliphatic hydroxyl groups is 2. The highest BCUT2D eigenvalue weighted by molar-refractivity contribution is 5.76. The lowest BCUT2D eigenvalue weighted by atomic mass is 10.0. The minimum absolute atomic E-state index is 0.00430. The summed E-state index contributed by atoms with van der Waals surface area (Å²) in [5.41, 5.74) is 0. The lowest BCUT2D eigenvalue weighted by Gasteiger charge is -2.20. The van der Waals surface area contributed by atoms with Crippen molar-refractivity contribution in [1.29, 1.82) is 0 Å². The number of hydrogen-bond donors (Lipinski definition) is 3. The largest absolute Gasteiger partial charge is 0.466 e. The minimum atomic E-state index is -0.845. The molecule has 0 aliphatic heterocycles. The van der Waals surface area contributed by atoms with Crippen LogP contribution in [0.3, 0.4) is 0 Å². The predicted octanol–water partition coefficient (Wildman–Crippen LogP) is 16.6. The van der Waals surface area contributed by atoms with Gasteiger partial charge in [-0.05, 0) is 83.5 Å². The fourth-order valence-electron chi connectivity index (χ4n) is 8.08. The van der Waals surface area contributed by atoms with Gasteiger partial charge in [0.15, 0.2) is 0 Å². The molecule has 63 heavy (non-hydrogen) atoms. The third-order valence-corrected chi connectivity index (χ3v) is 12.3. The Morgan fingerprint density at radius 1 is 0.444 bits per heavy atom. The van der Waals surface area contributed by atoms with E-state index in [1.165, 1.54) is 199 Å². The molecule has 0 aliphatic rings. The van der Waals surface area contributed by atoms with Crippen LogP contribution in [0.15, 0.2) is 48.6 Å². The molecule has 0 aromatic rings. The smallest absolute Gasteiger partial charge is 0.305 e. The number of rotatable bonds is 50. The minimum Gasteiger partial charge on any atom is -0.466 e. The highest BCUT2D eigenvalue weighted by Gasteiger charge is 2.18. The van der Waals surface area contributed by atoms with Gasteiger partial charge in [-0.1, -0.05) is 229 Å². The number of allylic oxidation sites excluding steroid dienone is 7. The Morgan fingerprint density at radius 2 is 0.825 bits per heavy atom. The number of nitrogens with one attached hydrogen (secondary N) is 1. The summed E-state index contributed by atoms with van der Waals surface area (Å²) in [4.78, 5) is 24.4. The lowest BCUT2D eigenvalue weighted by molar-refractivity contribution is -0.143. The summed E-state index contributed by atoms with van der Waals surface area (Å²) in [6.45, 7) is 4.80. The Balaban J connectivity index is 3.41. The summed E-state index contributed by atoms with van der Waals surface area (Å²) in [5.74, 6) is -0.0806. The molecule has 0 bridgehead atoms. The first-order chi connectivity index (χ1) is 31.0. The molecule has 3 N–H and O–H groups in total. The van der Waals surface area contributed by atoms with Gasteiger partial charge in [0.05, 0.1) is 25.4 Å². The maximum atomic E-state index is 12.4. The highest BCUT2D eigenvalue weighted by atomic mass is 16.5. The maximum Gasteiger partial charge on any atom is 0.305 e. The van der Waals surface area contributed by atoms with Crippen LogP contribution in [0.2, 0.25) is 0 Å². The molecule has 0 aliphatic carbocycles. The topological polar surface area (TPSA) is 95.9 Å². The molecule has 0 aromatic carbocycles. The number of unbranched alkanes of at least 4 members (excludes halogenated alkanes) is 33. The third-order valence-electron chi connectivity index (χ3n) is 12.3. The van der Waals surface area contributed by atoms with Crippen molar-refractivity contribution >= 4 is 11.9 Å². The van der Waals surface area contributed by atoms with Crippen LogP contribution in [0, 0.1) is 0 Å². The summed E-state index contributed by atoms with van der Waals surface area (Å²) in [6.07, 6.45) is 65.7. The quantitative estimate of drug-likeness (QED) is 0.0321. The molecule has 0 saturated carbocycles. The van der Waals surface area contributed by atoms with Gasteiger partial charge in [0, 0.05) is 12.8 Å². The number of aliphatic hydroxyl groups excluding tert-OH is 2. The zero-order valence-electron chi connectivity index (χ0n) is 41.8. The van der Waals surface area contributed by atoms with Crippen LogP contribution in [0.25, 0.3) is 0 Å². The fourth-order valence-corrected chi connectivity index (χ4v) is 8.08. The molecule has 0 radical (unpaired) electrons. The molecule has 2 unspecified atom stereocenters. The summed E-state index contributed by atoms with van der Waals surface area (Å²) < 4.78 is 5.46. The molecule has 2 atom stereocenters. The Hall–Kier alpha value is -2.18. The Morgan fingerprint density at radius 3 is 1.29 bits per heavy atom. The van der Waals surface area contributed by atoms with Gasteiger partial charge in [0.2, 0.25) is 5.91 Å². The zero-order valence-corrected chi connectivity index (χ0v) is 41.8. The summed E-state index contributed by atoms with van der Waals surface area (Å²) >= 11 is 0. The van der Waals surface area contributed by atoms with Crippen LogP contribution in [0.4, 0.5) is 0 Å². The first-order valence-electron chi connectivity index (χ1n) is 27.4. The van der Waals surface area contributed by atoms with Gasteiger partial charge >= 0.3 is 5.97 Å². The van der Waals surface area contributed by atoms with Crippen molar-refractivity contribution in [2.24, 2.45) is 0 Å². The number of ether oxygens (including phenoxy) is 1. The number of hydrogen-bond acceptors (Lipinski definition) is 5. The average Bonchev–Trinajstić information content (AvgIpc) is 3.28. The van der Waals surface area contributed by atoms with E-state index in [1.807, 2.05) is 6.08 Å². The van der Waals surface area contributed by atoms with Crippen molar-refractivity contribution in [2.75, 3.05) is 13.2 Å². The van der Waals surface area contributed by atoms with E-state index in [9.17, 15) is 19.8 Å². The van der Waals surface area contributed by atoms with E-state index in [0.717, 1.165) is 51.4 Å². The molecule has 0 saturated heterocycles. The van der Waals surface area contributed by atoms with Crippen molar-refractivity contribution in [3.8, 4) is 0 Å². The third kappa shape index (κ3) is 49.1.